The van der Waals surface area contributed by atoms with Crippen molar-refractivity contribution in [3.05, 3.63) is 0 Å². The van der Waals surface area contributed by atoms with Crippen LogP contribution in [0.5, 0.6) is 0 Å². The fourth-order valence-corrected chi connectivity index (χ4v) is 16.2. The molecule has 2 aliphatic carbocycles. The van der Waals surface area contributed by atoms with Gasteiger partial charge in [0.05, 0.1) is 25.8 Å². The summed E-state index contributed by atoms with van der Waals surface area (Å²) in [6, 6.07) is 0.0326. The van der Waals surface area contributed by atoms with Gasteiger partial charge in [-0.3, -0.25) is 0 Å². The van der Waals surface area contributed by atoms with Gasteiger partial charge in [-0.25, -0.2) is 29.2 Å². The van der Waals surface area contributed by atoms with Gasteiger partial charge in [-0.2, -0.15) is 0 Å². The number of hydrogen-bond donors (Lipinski definition) is 3. The van der Waals surface area contributed by atoms with Crippen molar-refractivity contribution in [2.45, 2.75) is 449 Å². The third-order valence-electron chi connectivity index (χ3n) is 21.1. The van der Waals surface area contributed by atoms with Crippen molar-refractivity contribution in [2.24, 2.45) is 49.4 Å². The minimum absolute atomic E-state index is 0. The minimum Gasteiger partial charge on any atom is -0.449 e. The van der Waals surface area contributed by atoms with Crippen LogP contribution in [0.4, 0.5) is 9.59 Å². The molecule has 0 heterocycles. The number of hydrogen-bond acceptors (Lipinski definition) is 9. The summed E-state index contributed by atoms with van der Waals surface area (Å²) in [5, 5.41) is 15.9. The number of rotatable bonds is 59. The van der Waals surface area contributed by atoms with Gasteiger partial charge in [-0.15, -0.1) is 0 Å². The summed E-state index contributed by atoms with van der Waals surface area (Å²) in [6.07, 6.45) is 71.4. The second-order valence-corrected chi connectivity index (χ2v) is 33.0. The smallest absolute Gasteiger partial charge is 0.407 e. The van der Waals surface area contributed by atoms with Crippen LogP contribution in [0.25, 0.3) is 0 Å². The molecule has 7 atom stereocenters. The molecule has 0 aliphatic heterocycles. The highest BCUT2D eigenvalue weighted by molar-refractivity contribution is 5.68. The predicted octanol–water partition coefficient (Wildman–Crippen LogP) is 26.6. The monoisotopic (exact) mass is 1360 g/mol. The zero-order chi connectivity index (χ0) is 70.4. The summed E-state index contributed by atoms with van der Waals surface area (Å²) in [4.78, 5) is 54.5. The van der Waals surface area contributed by atoms with Crippen LogP contribution in [0.1, 0.15) is 437 Å². The summed E-state index contributed by atoms with van der Waals surface area (Å²) in [5.41, 5.74) is -0.0310. The first-order valence-corrected chi connectivity index (χ1v) is 41.4. The lowest BCUT2D eigenvalue weighted by Gasteiger charge is -2.46. The number of unbranched alkanes of at least 4 members (excludes halogenated alkanes) is 36. The van der Waals surface area contributed by atoms with E-state index in [-0.39, 0.29) is 53.4 Å². The molecule has 0 spiro atoms. The topological polar surface area (TPSA) is 156 Å². The van der Waals surface area contributed by atoms with E-state index in [0.29, 0.717) is 50.7 Å². The van der Waals surface area contributed by atoms with Crippen LogP contribution in [-0.2, 0) is 19.1 Å². The van der Waals surface area contributed by atoms with E-state index in [2.05, 4.69) is 104 Å². The molecular formula is C85H166N4O7. The van der Waals surface area contributed by atoms with Gasteiger partial charge in [0.15, 0.2) is 0 Å². The van der Waals surface area contributed by atoms with Crippen LogP contribution in [0.3, 0.4) is 0 Å². The molecule has 11 nitrogen and oxygen atoms in total. The van der Waals surface area contributed by atoms with E-state index in [0.717, 1.165) is 64.2 Å². The number of nitrogens with zero attached hydrogens (tertiary/aromatic N) is 2. The fraction of sp³-hybridized carbons (Fsp3) is 0.953. The molecule has 0 aromatic rings. The molecule has 2 rings (SSSR count). The van der Waals surface area contributed by atoms with E-state index in [4.69, 9.17) is 9.47 Å². The highest BCUT2D eigenvalue weighted by Gasteiger charge is 2.43. The lowest BCUT2D eigenvalue weighted by Crippen LogP contribution is -2.50. The van der Waals surface area contributed by atoms with Crippen LogP contribution < -0.4 is 10.6 Å². The van der Waals surface area contributed by atoms with Crippen LogP contribution in [-0.4, -0.2) is 74.4 Å². The van der Waals surface area contributed by atoms with Crippen molar-refractivity contribution in [1.29, 1.82) is 0 Å². The average Bonchev–Trinajstić information content (AvgIpc) is 0.860. The van der Waals surface area contributed by atoms with Crippen LogP contribution >= 0.6 is 0 Å². The summed E-state index contributed by atoms with van der Waals surface area (Å²) < 4.78 is 11.9. The molecule has 0 aromatic heterocycles. The van der Waals surface area contributed by atoms with Gasteiger partial charge in [0.2, 0.25) is 12.2 Å². The summed E-state index contributed by atoms with van der Waals surface area (Å²) in [7, 11) is 0. The first-order valence-electron chi connectivity index (χ1n) is 41.4. The van der Waals surface area contributed by atoms with Gasteiger partial charge < -0.3 is 25.2 Å². The summed E-state index contributed by atoms with van der Waals surface area (Å²) >= 11 is 0. The van der Waals surface area contributed by atoms with Gasteiger partial charge in [0, 0.05) is 19.2 Å². The SMILES string of the molecule is C.CC1(C)CC(N=C=O)CC(C)(CN=C=O)C1.CCCCCCCCCCC(CCCCCCCC)COC(=O)NCC1(C)CC(NC(=O)OCC(CCCCCCCC)CCCCCCCCCC)CC(C)(C)C1.CCCCCCCCCCC(CO)CCCCCCCC. The van der Waals surface area contributed by atoms with Gasteiger partial charge in [-0.05, 0) is 116 Å². The van der Waals surface area contributed by atoms with E-state index >= 15 is 0 Å². The highest BCUT2D eigenvalue weighted by atomic mass is 16.6. The van der Waals surface area contributed by atoms with Crippen LogP contribution in [0, 0.1) is 39.4 Å². The van der Waals surface area contributed by atoms with Crippen molar-refractivity contribution in [3.63, 3.8) is 0 Å². The maximum Gasteiger partial charge on any atom is 0.407 e. The van der Waals surface area contributed by atoms with Crippen LogP contribution in [0.2, 0.25) is 0 Å². The van der Waals surface area contributed by atoms with Gasteiger partial charge >= 0.3 is 12.2 Å². The molecule has 3 N–H and O–H groups in total. The highest BCUT2D eigenvalue weighted by Crippen LogP contribution is 2.48. The Hall–Kier alpha value is -2.74. The number of isocyanates is 2. The molecule has 2 amide bonds. The molecule has 11 heteroatoms. The molecule has 0 aromatic carbocycles. The molecule has 0 saturated heterocycles. The molecule has 568 valence electrons. The molecule has 2 aliphatic rings. The largest absolute Gasteiger partial charge is 0.449 e. The first-order chi connectivity index (χ1) is 45.8. The third-order valence-corrected chi connectivity index (χ3v) is 21.1. The number of aliphatic hydroxyl groups is 1. The predicted molar refractivity (Wildman–Crippen MR) is 414 cm³/mol. The number of aliphatic imine (C=N–C) groups is 2. The number of alkyl carbamates (subject to hydrolysis) is 2. The average molecular weight is 1360 g/mol. The van der Waals surface area contributed by atoms with Crippen molar-refractivity contribution < 1.29 is 33.8 Å². The Bertz CT molecular complexity index is 1850. The number of carbonyl (C=O) groups excluding carboxylic acids is 4. The Kier molecular flexibility index (Phi) is 63.9. The second-order valence-electron chi connectivity index (χ2n) is 33.0. The van der Waals surface area contributed by atoms with Gasteiger partial charge in [0.25, 0.3) is 0 Å². The van der Waals surface area contributed by atoms with E-state index in [1.165, 1.54) is 283 Å². The lowest BCUT2D eigenvalue weighted by atomic mass is 9.62. The van der Waals surface area contributed by atoms with Gasteiger partial charge in [0.1, 0.15) is 0 Å². The van der Waals surface area contributed by atoms with Crippen LogP contribution in [0.15, 0.2) is 9.98 Å². The lowest BCUT2D eigenvalue weighted by molar-refractivity contribution is 0.0581. The Balaban J connectivity index is 0. The van der Waals surface area contributed by atoms with Gasteiger partial charge in [-0.1, -0.05) is 360 Å². The number of amides is 2. The number of carbonyl (C=O) groups is 2. The Morgan fingerprint density at radius 2 is 0.729 bits per heavy atom. The molecular weight excluding hydrogens is 1190 g/mol. The van der Waals surface area contributed by atoms with Crippen molar-refractivity contribution in [1.82, 2.24) is 10.6 Å². The Morgan fingerprint density at radius 3 is 1.06 bits per heavy atom. The maximum absolute atomic E-state index is 13.3. The molecule has 96 heavy (non-hydrogen) atoms. The number of aliphatic hydroxyl groups excluding tert-OH is 1. The summed E-state index contributed by atoms with van der Waals surface area (Å²) in [6.45, 7) is 29.4. The number of nitrogens with one attached hydrogen (secondary N) is 2. The van der Waals surface area contributed by atoms with Crippen molar-refractivity contribution in [3.8, 4) is 0 Å². The molecule has 0 radical (unpaired) electrons. The molecule has 2 saturated carbocycles. The van der Waals surface area contributed by atoms with E-state index in [9.17, 15) is 24.3 Å². The second kappa shape index (κ2) is 64.4. The zero-order valence-electron chi connectivity index (χ0n) is 65.4. The van der Waals surface area contributed by atoms with E-state index < -0.39 is 0 Å². The Morgan fingerprint density at radius 1 is 0.417 bits per heavy atom. The normalized spacial score (nSPS) is 19.5. The minimum atomic E-state index is -0.287. The summed E-state index contributed by atoms with van der Waals surface area (Å²) in [5.74, 6) is 1.48. The molecule has 0 bridgehead atoms. The zero-order valence-corrected chi connectivity index (χ0v) is 65.4. The molecule has 2 fully saturated rings. The standard InChI is InChI=1S/C52H102N2O4.C20H42O.C12H18N2O2.CH4/c1-8-12-16-20-24-26-30-34-37-46(36-32-28-22-18-14-10-3)42-57-49(55)53-45-52(7)41-48(40-51(5,6)44-52)54-50(56)58-43-47(38-33-29-23-19-15-11-4)39-35-31-27-25-21-17-13-9-2;1-3-5-7-9-11-12-14-16-18-20(19-21)17-15-13-10-8-6-4-2;1-11(2)4-10(14-9-16)5-12(3,6-11)7-13-8-15;/h46-48H,8-45H2,1-7H3,(H,53,55)(H,54,56);20-21H,3-19H2,1-2H3;10H,4-7H2,1-3H3;1H4. The Labute approximate surface area is 597 Å². The number of ether oxygens (including phenoxy) is 2. The quantitative estimate of drug-likeness (QED) is 0.0311. The van der Waals surface area contributed by atoms with Crippen molar-refractivity contribution in [2.75, 3.05) is 32.9 Å². The maximum atomic E-state index is 13.3. The first kappa shape index (κ1) is 95.3. The fourth-order valence-electron chi connectivity index (χ4n) is 16.2. The van der Waals surface area contributed by atoms with E-state index in [1.54, 1.807) is 12.2 Å². The molecule has 7 unspecified atom stereocenters. The van der Waals surface area contributed by atoms with Crippen molar-refractivity contribution >= 4 is 24.3 Å². The van der Waals surface area contributed by atoms with E-state index in [1.807, 2.05) is 0 Å². The third kappa shape index (κ3) is 58.0.